The average molecular weight is 270 g/mol. The highest BCUT2D eigenvalue weighted by Crippen LogP contribution is 2.51. The van der Waals surface area contributed by atoms with Crippen LogP contribution in [0.3, 0.4) is 0 Å². The summed E-state index contributed by atoms with van der Waals surface area (Å²) >= 11 is 0. The smallest absolute Gasteiger partial charge is 0.326 e. The van der Waals surface area contributed by atoms with Crippen molar-refractivity contribution >= 4 is 12.0 Å². The van der Waals surface area contributed by atoms with Crippen molar-refractivity contribution < 1.29 is 14.7 Å². The van der Waals surface area contributed by atoms with Gasteiger partial charge in [0.2, 0.25) is 0 Å². The largest absolute Gasteiger partial charge is 0.480 e. The summed E-state index contributed by atoms with van der Waals surface area (Å²) in [6.45, 7) is 8.69. The normalized spacial score (nSPS) is 19.6. The lowest BCUT2D eigenvalue weighted by Gasteiger charge is -2.23. The second-order valence-electron chi connectivity index (χ2n) is 6.05. The van der Waals surface area contributed by atoms with Gasteiger partial charge in [0.05, 0.1) is 0 Å². The monoisotopic (exact) mass is 270 g/mol. The number of hydrogen-bond acceptors (Lipinski definition) is 2. The lowest BCUT2D eigenvalue weighted by Crippen LogP contribution is -2.50. The van der Waals surface area contributed by atoms with E-state index in [0.29, 0.717) is 18.9 Å². The number of aliphatic carboxylic acids is 1. The number of carboxylic acid groups (broad SMARTS) is 1. The van der Waals surface area contributed by atoms with E-state index in [4.69, 9.17) is 5.11 Å². The molecule has 3 N–H and O–H groups in total. The zero-order chi connectivity index (χ0) is 14.6. The summed E-state index contributed by atoms with van der Waals surface area (Å²) in [7, 11) is 0. The first-order valence-corrected chi connectivity index (χ1v) is 7.09. The Morgan fingerprint density at radius 2 is 1.84 bits per heavy atom. The number of carboxylic acids is 1. The van der Waals surface area contributed by atoms with Crippen molar-refractivity contribution in [1.29, 1.82) is 0 Å². The van der Waals surface area contributed by atoms with Gasteiger partial charge in [-0.25, -0.2) is 9.59 Å². The van der Waals surface area contributed by atoms with E-state index in [1.54, 1.807) is 0 Å². The minimum absolute atomic E-state index is 0.0803. The van der Waals surface area contributed by atoms with Crippen LogP contribution in [-0.2, 0) is 4.79 Å². The second kappa shape index (κ2) is 6.26. The van der Waals surface area contributed by atoms with E-state index in [2.05, 4.69) is 24.5 Å². The molecule has 0 heterocycles. The lowest BCUT2D eigenvalue weighted by atomic mass is 9.92. The van der Waals surface area contributed by atoms with Gasteiger partial charge in [0.15, 0.2) is 0 Å². The van der Waals surface area contributed by atoms with E-state index in [-0.39, 0.29) is 17.4 Å². The van der Waals surface area contributed by atoms with Crippen molar-refractivity contribution in [1.82, 2.24) is 10.6 Å². The molecule has 0 spiro atoms. The minimum Gasteiger partial charge on any atom is -0.480 e. The minimum atomic E-state index is -0.977. The van der Waals surface area contributed by atoms with Gasteiger partial charge in [-0.3, -0.25) is 0 Å². The molecule has 0 bridgehead atoms. The Hall–Kier alpha value is -1.26. The molecule has 5 nitrogen and oxygen atoms in total. The molecule has 0 saturated heterocycles. The summed E-state index contributed by atoms with van der Waals surface area (Å²) in [5, 5.41) is 14.5. The molecule has 1 fully saturated rings. The van der Waals surface area contributed by atoms with Crippen LogP contribution in [0.15, 0.2) is 0 Å². The van der Waals surface area contributed by atoms with Crippen molar-refractivity contribution in [2.75, 3.05) is 6.54 Å². The molecular weight excluding hydrogens is 244 g/mol. The molecule has 1 aliphatic carbocycles. The van der Waals surface area contributed by atoms with Gasteiger partial charge in [-0.05, 0) is 30.1 Å². The molecule has 0 unspecified atom stereocenters. The van der Waals surface area contributed by atoms with Gasteiger partial charge in [0.1, 0.15) is 6.04 Å². The van der Waals surface area contributed by atoms with Crippen molar-refractivity contribution in [2.45, 2.75) is 53.0 Å². The van der Waals surface area contributed by atoms with Gasteiger partial charge >= 0.3 is 12.0 Å². The second-order valence-corrected chi connectivity index (χ2v) is 6.05. The predicted molar refractivity (Wildman–Crippen MR) is 73.9 cm³/mol. The first-order chi connectivity index (χ1) is 8.82. The summed E-state index contributed by atoms with van der Waals surface area (Å²) in [5.74, 6) is -0.518. The number of hydrogen-bond donors (Lipinski definition) is 3. The molecule has 0 radical (unpaired) electrons. The molecule has 0 aliphatic heterocycles. The van der Waals surface area contributed by atoms with Crippen LogP contribution in [0, 0.1) is 17.3 Å². The maximum Gasteiger partial charge on any atom is 0.326 e. The third-order valence-corrected chi connectivity index (χ3v) is 4.48. The van der Waals surface area contributed by atoms with Crippen LogP contribution in [-0.4, -0.2) is 29.7 Å². The van der Waals surface area contributed by atoms with Gasteiger partial charge < -0.3 is 15.7 Å². The average Bonchev–Trinajstić information content (AvgIpc) is 3.13. The molecule has 1 saturated carbocycles. The van der Waals surface area contributed by atoms with Gasteiger partial charge in [-0.2, -0.15) is 0 Å². The number of carbonyl (C=O) groups is 2. The molecule has 0 aromatic carbocycles. The van der Waals surface area contributed by atoms with Crippen molar-refractivity contribution in [3.05, 3.63) is 0 Å². The first-order valence-electron chi connectivity index (χ1n) is 7.09. The van der Waals surface area contributed by atoms with E-state index >= 15 is 0 Å². The summed E-state index contributed by atoms with van der Waals surface area (Å²) in [6, 6.07) is -1.20. The SMILES string of the molecule is CC[C@H](C)[C@H](NC(=O)NCC1(C(C)C)CC1)C(=O)O. The fourth-order valence-electron chi connectivity index (χ4n) is 2.25. The Morgan fingerprint density at radius 3 is 2.21 bits per heavy atom. The Bertz CT molecular complexity index is 338. The predicted octanol–water partition coefficient (Wildman–Crippen LogP) is 2.22. The molecule has 1 rings (SSSR count). The molecular formula is C14H26N2O3. The highest BCUT2D eigenvalue weighted by atomic mass is 16.4. The van der Waals surface area contributed by atoms with E-state index < -0.39 is 12.0 Å². The lowest BCUT2D eigenvalue weighted by molar-refractivity contribution is -0.140. The molecule has 0 aromatic rings. The summed E-state index contributed by atoms with van der Waals surface area (Å²) in [6.07, 6.45) is 2.99. The van der Waals surface area contributed by atoms with Crippen molar-refractivity contribution in [2.24, 2.45) is 17.3 Å². The third-order valence-electron chi connectivity index (χ3n) is 4.48. The maximum absolute atomic E-state index is 11.8. The number of rotatable bonds is 7. The Morgan fingerprint density at radius 1 is 1.26 bits per heavy atom. The van der Waals surface area contributed by atoms with Crippen LogP contribution in [0.25, 0.3) is 0 Å². The van der Waals surface area contributed by atoms with Crippen LogP contribution >= 0.6 is 0 Å². The van der Waals surface area contributed by atoms with Crippen LogP contribution < -0.4 is 10.6 Å². The zero-order valence-electron chi connectivity index (χ0n) is 12.3. The van der Waals surface area contributed by atoms with Crippen LogP contribution in [0.1, 0.15) is 47.0 Å². The fourth-order valence-corrected chi connectivity index (χ4v) is 2.25. The zero-order valence-corrected chi connectivity index (χ0v) is 12.3. The molecule has 19 heavy (non-hydrogen) atoms. The quantitative estimate of drug-likeness (QED) is 0.663. The Labute approximate surface area is 115 Å². The van der Waals surface area contributed by atoms with E-state index in [9.17, 15) is 9.59 Å². The van der Waals surface area contributed by atoms with E-state index in [1.807, 2.05) is 13.8 Å². The Kier molecular flexibility index (Phi) is 5.20. The summed E-state index contributed by atoms with van der Waals surface area (Å²) in [4.78, 5) is 22.9. The van der Waals surface area contributed by atoms with Gasteiger partial charge in [-0.1, -0.05) is 34.1 Å². The third kappa shape index (κ3) is 4.11. The first kappa shape index (κ1) is 15.8. The summed E-state index contributed by atoms with van der Waals surface area (Å²) in [5.41, 5.74) is 0.229. The molecule has 1 aliphatic rings. The molecule has 0 aromatic heterocycles. The van der Waals surface area contributed by atoms with Crippen LogP contribution in [0.4, 0.5) is 4.79 Å². The standard InChI is InChI=1S/C14H26N2O3/c1-5-10(4)11(12(17)18)16-13(19)15-8-14(6-7-14)9(2)3/h9-11H,5-8H2,1-4H3,(H,17,18)(H2,15,16,19)/t10-,11-/m0/s1. The van der Waals surface area contributed by atoms with Crippen LogP contribution in [0.2, 0.25) is 0 Å². The fraction of sp³-hybridized carbons (Fsp3) is 0.857. The van der Waals surface area contributed by atoms with Crippen molar-refractivity contribution in [3.63, 3.8) is 0 Å². The highest BCUT2D eigenvalue weighted by molar-refractivity contribution is 5.82. The number of carbonyl (C=O) groups excluding carboxylic acids is 1. The van der Waals surface area contributed by atoms with Gasteiger partial charge in [0.25, 0.3) is 0 Å². The molecule has 110 valence electrons. The van der Waals surface area contributed by atoms with Crippen molar-refractivity contribution in [3.8, 4) is 0 Å². The number of amides is 2. The highest BCUT2D eigenvalue weighted by Gasteiger charge is 2.45. The van der Waals surface area contributed by atoms with Gasteiger partial charge in [-0.15, -0.1) is 0 Å². The van der Waals surface area contributed by atoms with E-state index in [0.717, 1.165) is 12.8 Å². The molecule has 2 amide bonds. The maximum atomic E-state index is 11.8. The summed E-state index contributed by atoms with van der Waals surface area (Å²) < 4.78 is 0. The molecule has 2 atom stereocenters. The van der Waals surface area contributed by atoms with Crippen LogP contribution in [0.5, 0.6) is 0 Å². The Balaban J connectivity index is 2.43. The number of urea groups is 1. The molecule has 5 heteroatoms. The van der Waals surface area contributed by atoms with Gasteiger partial charge in [0, 0.05) is 6.54 Å². The number of nitrogens with one attached hydrogen (secondary N) is 2. The van der Waals surface area contributed by atoms with E-state index in [1.165, 1.54) is 0 Å². The topological polar surface area (TPSA) is 78.4 Å².